The second kappa shape index (κ2) is 7.52. The van der Waals surface area contributed by atoms with Crippen LogP contribution in [0.3, 0.4) is 0 Å². The third kappa shape index (κ3) is 4.87. The van der Waals surface area contributed by atoms with Gasteiger partial charge in [-0.1, -0.05) is 12.1 Å². The van der Waals surface area contributed by atoms with Crippen molar-refractivity contribution in [3.63, 3.8) is 0 Å². The van der Waals surface area contributed by atoms with Gasteiger partial charge in [0.05, 0.1) is 41.4 Å². The van der Waals surface area contributed by atoms with E-state index in [2.05, 4.69) is 30.0 Å². The van der Waals surface area contributed by atoms with Gasteiger partial charge in [-0.15, -0.1) is 0 Å². The molecule has 0 aliphatic carbocycles. The first-order valence-electron chi connectivity index (χ1n) is 7.86. The first kappa shape index (κ1) is 18.5. The lowest BCUT2D eigenvalue weighted by Gasteiger charge is -2.13. The van der Waals surface area contributed by atoms with Gasteiger partial charge in [-0.2, -0.15) is 13.2 Å². The lowest BCUT2D eigenvalue weighted by Crippen LogP contribution is -2.28. The highest BCUT2D eigenvalue weighted by Crippen LogP contribution is 2.17. The molecule has 0 unspecified atom stereocenters. The zero-order valence-corrected chi connectivity index (χ0v) is 14.1. The number of rotatable bonds is 5. The van der Waals surface area contributed by atoms with Crippen LogP contribution >= 0.6 is 0 Å². The minimum atomic E-state index is -4.46. The molecule has 1 aromatic carbocycles. The summed E-state index contributed by atoms with van der Waals surface area (Å²) in [7, 11) is 0. The van der Waals surface area contributed by atoms with Crippen molar-refractivity contribution in [2.24, 2.45) is 0 Å². The Labute approximate surface area is 151 Å². The van der Waals surface area contributed by atoms with Crippen LogP contribution in [0.25, 0.3) is 11.0 Å². The maximum atomic E-state index is 12.3. The number of ether oxygens (including phenoxy) is 1. The Kier molecular flexibility index (Phi) is 5.15. The van der Waals surface area contributed by atoms with E-state index in [0.717, 1.165) is 6.20 Å². The Morgan fingerprint density at radius 1 is 1.11 bits per heavy atom. The molecule has 3 aromatic rings. The Morgan fingerprint density at radius 2 is 1.85 bits per heavy atom. The van der Waals surface area contributed by atoms with Gasteiger partial charge in [-0.3, -0.25) is 14.8 Å². The molecule has 1 amide bonds. The zero-order valence-electron chi connectivity index (χ0n) is 14.1. The number of aromatic nitrogens is 4. The molecule has 0 fully saturated rings. The number of benzene rings is 1. The van der Waals surface area contributed by atoms with Crippen molar-refractivity contribution in [3.05, 3.63) is 54.2 Å². The highest BCUT2D eigenvalue weighted by molar-refractivity contribution is 5.93. The van der Waals surface area contributed by atoms with Crippen molar-refractivity contribution in [1.29, 1.82) is 0 Å². The summed E-state index contributed by atoms with van der Waals surface area (Å²) in [6.45, 7) is 0.209. The van der Waals surface area contributed by atoms with Gasteiger partial charge in [0.2, 0.25) is 5.88 Å². The number of halogens is 3. The highest BCUT2D eigenvalue weighted by Gasteiger charge is 2.28. The summed E-state index contributed by atoms with van der Waals surface area (Å²) in [5, 5.41) is 2.69. The second-order valence-corrected chi connectivity index (χ2v) is 5.62. The fourth-order valence-electron chi connectivity index (χ4n) is 2.19. The Balaban J connectivity index is 1.65. The van der Waals surface area contributed by atoms with Crippen LogP contribution in [0.15, 0.2) is 42.9 Å². The van der Waals surface area contributed by atoms with Crippen LogP contribution in [-0.2, 0) is 0 Å². The molecule has 0 aliphatic heterocycles. The molecular formula is C17H14F3N5O2. The summed E-state index contributed by atoms with van der Waals surface area (Å²) in [5.74, 6) is -0.713. The number of fused-ring (bicyclic) bond motifs is 1. The number of hydrogen-bond donors (Lipinski definition) is 1. The lowest BCUT2D eigenvalue weighted by atomic mass is 10.2. The predicted octanol–water partition coefficient (Wildman–Crippen LogP) is 2.85. The Hall–Kier alpha value is -3.30. The molecule has 0 aliphatic rings. The summed E-state index contributed by atoms with van der Waals surface area (Å²) >= 11 is 0. The van der Waals surface area contributed by atoms with Gasteiger partial charge in [0.15, 0.2) is 6.61 Å². The first-order valence-corrected chi connectivity index (χ1v) is 7.86. The molecule has 0 saturated carbocycles. The van der Waals surface area contributed by atoms with Gasteiger partial charge in [0.25, 0.3) is 5.91 Å². The van der Waals surface area contributed by atoms with Crippen LogP contribution in [0.1, 0.15) is 29.1 Å². The molecule has 0 spiro atoms. The van der Waals surface area contributed by atoms with E-state index < -0.39 is 24.7 Å². The van der Waals surface area contributed by atoms with Crippen molar-refractivity contribution in [2.75, 3.05) is 6.61 Å². The number of carbonyl (C=O) groups excluding carboxylic acids is 1. The van der Waals surface area contributed by atoms with Gasteiger partial charge in [-0.05, 0) is 19.1 Å². The largest absolute Gasteiger partial charge is 0.467 e. The topological polar surface area (TPSA) is 89.9 Å². The number of amides is 1. The van der Waals surface area contributed by atoms with Crippen LogP contribution in [0.4, 0.5) is 13.2 Å². The molecule has 2 heterocycles. The van der Waals surface area contributed by atoms with Crippen LogP contribution in [0.5, 0.6) is 5.88 Å². The van der Waals surface area contributed by atoms with Gasteiger partial charge in [0, 0.05) is 0 Å². The van der Waals surface area contributed by atoms with Crippen molar-refractivity contribution in [2.45, 2.75) is 19.1 Å². The minimum absolute atomic E-state index is 0.138. The fourth-order valence-corrected chi connectivity index (χ4v) is 2.19. The first-order chi connectivity index (χ1) is 12.8. The van der Waals surface area contributed by atoms with Crippen molar-refractivity contribution >= 4 is 16.9 Å². The normalized spacial score (nSPS) is 12.6. The molecule has 0 radical (unpaired) electrons. The van der Waals surface area contributed by atoms with E-state index in [1.165, 1.54) is 12.4 Å². The number of para-hydroxylation sites is 2. The summed E-state index contributed by atoms with van der Waals surface area (Å²) in [6, 6.07) is 6.59. The minimum Gasteiger partial charge on any atom is -0.467 e. The third-order valence-electron chi connectivity index (χ3n) is 3.50. The number of carbonyl (C=O) groups is 1. The molecule has 7 nitrogen and oxygen atoms in total. The molecular weight excluding hydrogens is 363 g/mol. The van der Waals surface area contributed by atoms with Gasteiger partial charge in [0.1, 0.15) is 5.69 Å². The quantitative estimate of drug-likeness (QED) is 0.735. The molecule has 27 heavy (non-hydrogen) atoms. The van der Waals surface area contributed by atoms with E-state index >= 15 is 0 Å². The molecule has 2 aromatic heterocycles. The van der Waals surface area contributed by atoms with Crippen molar-refractivity contribution in [1.82, 2.24) is 25.3 Å². The molecule has 10 heteroatoms. The second-order valence-electron chi connectivity index (χ2n) is 5.62. The van der Waals surface area contributed by atoms with Crippen LogP contribution in [0, 0.1) is 0 Å². The van der Waals surface area contributed by atoms with Gasteiger partial charge in [-0.25, -0.2) is 9.97 Å². The smallest absolute Gasteiger partial charge is 0.422 e. The Bertz CT molecular complexity index is 947. The fraction of sp³-hybridized carbons (Fsp3) is 0.235. The molecule has 1 atom stereocenters. The Morgan fingerprint density at radius 3 is 2.52 bits per heavy atom. The van der Waals surface area contributed by atoms with Crippen molar-refractivity contribution in [3.8, 4) is 5.88 Å². The maximum absolute atomic E-state index is 12.3. The van der Waals surface area contributed by atoms with E-state index in [1.807, 2.05) is 6.07 Å². The summed E-state index contributed by atoms with van der Waals surface area (Å²) in [4.78, 5) is 28.5. The van der Waals surface area contributed by atoms with E-state index in [4.69, 9.17) is 0 Å². The van der Waals surface area contributed by atoms with Crippen LogP contribution < -0.4 is 10.1 Å². The summed E-state index contributed by atoms with van der Waals surface area (Å²) in [6.07, 6.45) is -0.783. The maximum Gasteiger partial charge on any atom is 0.422 e. The number of nitrogens with zero attached hydrogens (tertiary/aromatic N) is 4. The van der Waals surface area contributed by atoms with Crippen molar-refractivity contribution < 1.29 is 22.7 Å². The standard InChI is InChI=1S/C17H14F3N5O2/c1-10(13-6-23-15(8-22-13)27-9-17(18,19)20)24-16(26)14-7-21-11-4-2-3-5-12(11)25-14/h2-8,10H,9H2,1H3,(H,24,26)/t10-/m1/s1. The van der Waals surface area contributed by atoms with E-state index in [-0.39, 0.29) is 11.6 Å². The van der Waals surface area contributed by atoms with Crippen LogP contribution in [0.2, 0.25) is 0 Å². The third-order valence-corrected chi connectivity index (χ3v) is 3.50. The summed E-state index contributed by atoms with van der Waals surface area (Å²) < 4.78 is 40.8. The number of hydrogen-bond acceptors (Lipinski definition) is 6. The van der Waals surface area contributed by atoms with E-state index in [0.29, 0.717) is 16.7 Å². The molecule has 0 saturated heterocycles. The van der Waals surface area contributed by atoms with Crippen LogP contribution in [-0.4, -0.2) is 38.6 Å². The average Bonchev–Trinajstić information content (AvgIpc) is 2.65. The number of alkyl halides is 3. The highest BCUT2D eigenvalue weighted by atomic mass is 19.4. The average molecular weight is 377 g/mol. The summed E-state index contributed by atoms with van der Waals surface area (Å²) in [5.41, 5.74) is 1.75. The molecule has 140 valence electrons. The van der Waals surface area contributed by atoms with Gasteiger partial charge < -0.3 is 10.1 Å². The molecule has 0 bridgehead atoms. The van der Waals surface area contributed by atoms with E-state index in [9.17, 15) is 18.0 Å². The predicted molar refractivity (Wildman–Crippen MR) is 89.0 cm³/mol. The zero-order chi connectivity index (χ0) is 19.4. The van der Waals surface area contributed by atoms with E-state index in [1.54, 1.807) is 25.1 Å². The lowest BCUT2D eigenvalue weighted by molar-refractivity contribution is -0.154. The van der Waals surface area contributed by atoms with Gasteiger partial charge >= 0.3 is 6.18 Å². The molecule has 1 N–H and O–H groups in total. The molecule has 3 rings (SSSR count). The monoisotopic (exact) mass is 377 g/mol. The SMILES string of the molecule is C[C@@H](NC(=O)c1cnc2ccccc2n1)c1cnc(OCC(F)(F)F)cn1. The number of nitrogens with one attached hydrogen (secondary N) is 1.